The Morgan fingerprint density at radius 2 is 2.18 bits per heavy atom. The van der Waals surface area contributed by atoms with E-state index in [1.165, 1.54) is 0 Å². The van der Waals surface area contributed by atoms with E-state index >= 15 is 0 Å². The lowest BCUT2D eigenvalue weighted by Crippen LogP contribution is -2.25. The average molecular weight is 304 g/mol. The number of amides is 1. The maximum Gasteiger partial charge on any atom is 0.270 e. The van der Waals surface area contributed by atoms with Crippen LogP contribution in [-0.4, -0.2) is 33.2 Å². The molecule has 0 bridgehead atoms. The van der Waals surface area contributed by atoms with Crippen LogP contribution in [0.25, 0.3) is 0 Å². The molecule has 0 aromatic carbocycles. The average Bonchev–Trinajstić information content (AvgIpc) is 2.92. The van der Waals surface area contributed by atoms with Crippen LogP contribution in [0.15, 0.2) is 12.1 Å². The Kier molecular flexibility index (Phi) is 5.05. The van der Waals surface area contributed by atoms with Gasteiger partial charge < -0.3 is 15.8 Å². The molecule has 4 N–H and O–H groups in total. The number of ether oxygens (including phenoxy) is 1. The van der Waals surface area contributed by atoms with E-state index in [0.29, 0.717) is 13.2 Å². The zero-order valence-corrected chi connectivity index (χ0v) is 12.9. The summed E-state index contributed by atoms with van der Waals surface area (Å²) < 4.78 is 4.98. The van der Waals surface area contributed by atoms with Gasteiger partial charge in [0.15, 0.2) is 0 Å². The maximum atomic E-state index is 12.2. The normalized spacial score (nSPS) is 10.9. The number of aromatic nitrogens is 4. The molecule has 0 saturated heterocycles. The van der Waals surface area contributed by atoms with E-state index in [1.807, 2.05) is 19.9 Å². The van der Waals surface area contributed by atoms with E-state index in [1.54, 1.807) is 13.2 Å². The van der Waals surface area contributed by atoms with E-state index in [9.17, 15) is 4.79 Å². The van der Waals surface area contributed by atoms with Crippen molar-refractivity contribution in [2.24, 2.45) is 0 Å². The molecule has 2 aromatic heterocycles. The first kappa shape index (κ1) is 15.9. The maximum absolute atomic E-state index is 12.2. The molecule has 0 atom stereocenters. The number of hydrogen-bond donors (Lipinski definition) is 3. The number of nitrogens with two attached hydrogens (primary N) is 1. The van der Waals surface area contributed by atoms with Crippen LogP contribution in [0, 0.1) is 0 Å². The molecule has 0 saturated carbocycles. The minimum Gasteiger partial charge on any atom is -0.378 e. The van der Waals surface area contributed by atoms with Crippen molar-refractivity contribution < 1.29 is 9.53 Å². The summed E-state index contributed by atoms with van der Waals surface area (Å²) in [7, 11) is 1.60. The quantitative estimate of drug-likeness (QED) is 0.732. The fraction of sp³-hybridized carbons (Fsp3) is 0.429. The van der Waals surface area contributed by atoms with Gasteiger partial charge in [0.1, 0.15) is 5.69 Å². The molecule has 8 nitrogen and oxygen atoms in total. The van der Waals surface area contributed by atoms with Crippen LogP contribution in [0.5, 0.6) is 0 Å². The van der Waals surface area contributed by atoms with Gasteiger partial charge in [0.25, 0.3) is 5.91 Å². The van der Waals surface area contributed by atoms with Gasteiger partial charge in [-0.3, -0.25) is 9.89 Å². The molecule has 8 heteroatoms. The molecule has 1 amide bonds. The Labute approximate surface area is 128 Å². The Hall–Kier alpha value is -2.48. The van der Waals surface area contributed by atoms with Gasteiger partial charge >= 0.3 is 0 Å². The highest BCUT2D eigenvalue weighted by Crippen LogP contribution is 2.13. The standard InChI is InChI=1S/C14H20N6O2/c1-8(2)11-5-12(18-14(15)17-11)13(21)16-6-9-4-10(7-22-3)20-19-9/h4-5,8H,6-7H2,1-3H3,(H,16,21)(H,19,20)(H2,15,17,18). The number of aromatic amines is 1. The topological polar surface area (TPSA) is 119 Å². The van der Waals surface area contributed by atoms with Crippen LogP contribution in [-0.2, 0) is 17.9 Å². The van der Waals surface area contributed by atoms with Crippen LogP contribution in [0.4, 0.5) is 5.95 Å². The molecule has 118 valence electrons. The Bertz CT molecular complexity index is 653. The second kappa shape index (κ2) is 6.99. The minimum atomic E-state index is -0.307. The number of rotatable bonds is 6. The summed E-state index contributed by atoms with van der Waals surface area (Å²) in [6.45, 7) is 4.69. The lowest BCUT2D eigenvalue weighted by molar-refractivity contribution is 0.0945. The number of nitrogens with one attached hydrogen (secondary N) is 2. The first-order valence-electron chi connectivity index (χ1n) is 6.94. The first-order valence-corrected chi connectivity index (χ1v) is 6.94. The van der Waals surface area contributed by atoms with Gasteiger partial charge in [-0.05, 0) is 18.1 Å². The lowest BCUT2D eigenvalue weighted by Gasteiger charge is -2.08. The second-order valence-electron chi connectivity index (χ2n) is 5.19. The van der Waals surface area contributed by atoms with Crippen molar-refractivity contribution >= 4 is 11.9 Å². The van der Waals surface area contributed by atoms with Crippen molar-refractivity contribution in [3.8, 4) is 0 Å². The van der Waals surface area contributed by atoms with Crippen LogP contribution in [0.1, 0.15) is 47.3 Å². The summed E-state index contributed by atoms with van der Waals surface area (Å²) in [4.78, 5) is 20.2. The zero-order chi connectivity index (χ0) is 16.1. The molecular weight excluding hydrogens is 284 g/mol. The van der Waals surface area contributed by atoms with Gasteiger partial charge in [-0.25, -0.2) is 9.97 Å². The smallest absolute Gasteiger partial charge is 0.270 e. The van der Waals surface area contributed by atoms with E-state index in [2.05, 4.69) is 25.5 Å². The highest BCUT2D eigenvalue weighted by molar-refractivity contribution is 5.92. The fourth-order valence-electron chi connectivity index (χ4n) is 1.89. The largest absolute Gasteiger partial charge is 0.378 e. The van der Waals surface area contributed by atoms with Crippen molar-refractivity contribution in [2.45, 2.75) is 32.9 Å². The SMILES string of the molecule is COCc1cc(CNC(=O)c2cc(C(C)C)nc(N)n2)[nH]n1. The molecule has 0 spiro atoms. The highest BCUT2D eigenvalue weighted by atomic mass is 16.5. The Morgan fingerprint density at radius 3 is 2.86 bits per heavy atom. The van der Waals surface area contributed by atoms with Crippen LogP contribution in [0.3, 0.4) is 0 Å². The third-order valence-corrected chi connectivity index (χ3v) is 3.00. The van der Waals surface area contributed by atoms with E-state index < -0.39 is 0 Å². The fourth-order valence-corrected chi connectivity index (χ4v) is 1.89. The van der Waals surface area contributed by atoms with E-state index in [0.717, 1.165) is 17.1 Å². The number of methoxy groups -OCH3 is 1. The number of nitrogen functional groups attached to an aromatic ring is 1. The molecular formula is C14H20N6O2. The summed E-state index contributed by atoms with van der Waals surface area (Å²) in [6, 6.07) is 3.48. The van der Waals surface area contributed by atoms with Crippen molar-refractivity contribution in [2.75, 3.05) is 12.8 Å². The number of carbonyl (C=O) groups excluding carboxylic acids is 1. The van der Waals surface area contributed by atoms with Crippen molar-refractivity contribution in [3.63, 3.8) is 0 Å². The summed E-state index contributed by atoms with van der Waals surface area (Å²) in [5, 5.41) is 9.66. The second-order valence-corrected chi connectivity index (χ2v) is 5.19. The molecule has 0 aliphatic carbocycles. The molecule has 2 aromatic rings. The van der Waals surface area contributed by atoms with Crippen molar-refractivity contribution in [1.29, 1.82) is 0 Å². The van der Waals surface area contributed by atoms with Gasteiger partial charge in [0.05, 0.1) is 24.5 Å². The molecule has 0 aliphatic heterocycles. The first-order chi connectivity index (χ1) is 10.5. The lowest BCUT2D eigenvalue weighted by atomic mass is 10.1. The Balaban J connectivity index is 2.02. The molecule has 2 rings (SSSR count). The number of nitrogens with zero attached hydrogens (tertiary/aromatic N) is 3. The summed E-state index contributed by atoms with van der Waals surface area (Å²) in [5.41, 5.74) is 8.20. The van der Waals surface area contributed by atoms with Crippen LogP contribution in [0.2, 0.25) is 0 Å². The van der Waals surface area contributed by atoms with Crippen molar-refractivity contribution in [3.05, 3.63) is 34.9 Å². The summed E-state index contributed by atoms with van der Waals surface area (Å²) in [6.07, 6.45) is 0. The number of hydrogen-bond acceptors (Lipinski definition) is 6. The third kappa shape index (κ3) is 4.01. The summed E-state index contributed by atoms with van der Waals surface area (Å²) in [5.74, 6) is -0.0415. The number of carbonyl (C=O) groups is 1. The third-order valence-electron chi connectivity index (χ3n) is 3.00. The predicted octanol–water partition coefficient (Wildman–Crippen LogP) is 0.982. The predicted molar refractivity (Wildman–Crippen MR) is 81.0 cm³/mol. The van der Waals surface area contributed by atoms with Gasteiger partial charge in [-0.1, -0.05) is 13.8 Å². The molecule has 0 unspecified atom stereocenters. The van der Waals surface area contributed by atoms with Crippen LogP contribution >= 0.6 is 0 Å². The molecule has 0 fully saturated rings. The number of H-pyrrole nitrogens is 1. The highest BCUT2D eigenvalue weighted by Gasteiger charge is 2.13. The number of anilines is 1. The van der Waals surface area contributed by atoms with Crippen LogP contribution < -0.4 is 11.1 Å². The van der Waals surface area contributed by atoms with Gasteiger partial charge in [-0.15, -0.1) is 0 Å². The van der Waals surface area contributed by atoms with Crippen molar-refractivity contribution in [1.82, 2.24) is 25.5 Å². The molecule has 0 aliphatic rings. The van der Waals surface area contributed by atoms with E-state index in [-0.39, 0.29) is 23.5 Å². The molecule has 22 heavy (non-hydrogen) atoms. The monoisotopic (exact) mass is 304 g/mol. The zero-order valence-electron chi connectivity index (χ0n) is 12.9. The van der Waals surface area contributed by atoms with E-state index in [4.69, 9.17) is 10.5 Å². The van der Waals surface area contributed by atoms with Gasteiger partial charge in [0.2, 0.25) is 5.95 Å². The van der Waals surface area contributed by atoms with Gasteiger partial charge in [-0.2, -0.15) is 5.10 Å². The molecule has 2 heterocycles. The van der Waals surface area contributed by atoms with Gasteiger partial charge in [0, 0.05) is 12.8 Å². The summed E-state index contributed by atoms with van der Waals surface area (Å²) >= 11 is 0. The molecule has 0 radical (unpaired) electrons. The Morgan fingerprint density at radius 1 is 1.41 bits per heavy atom. The minimum absolute atomic E-state index is 0.0975.